The van der Waals surface area contributed by atoms with E-state index in [-0.39, 0.29) is 42.2 Å². The van der Waals surface area contributed by atoms with Gasteiger partial charge < -0.3 is 15.5 Å². The van der Waals surface area contributed by atoms with E-state index in [0.29, 0.717) is 26.2 Å². The van der Waals surface area contributed by atoms with Gasteiger partial charge in [-0.1, -0.05) is 6.92 Å². The van der Waals surface area contributed by atoms with Gasteiger partial charge in [-0.05, 0) is 24.3 Å². The third-order valence-electron chi connectivity index (χ3n) is 4.11. The summed E-state index contributed by atoms with van der Waals surface area (Å²) in [5.41, 5.74) is 4.90. The van der Waals surface area contributed by atoms with Crippen LogP contribution in [0.15, 0.2) is 24.3 Å². The van der Waals surface area contributed by atoms with E-state index in [9.17, 15) is 22.8 Å². The summed E-state index contributed by atoms with van der Waals surface area (Å²) in [6.07, 6.45) is -4.42. The van der Waals surface area contributed by atoms with Crippen LogP contribution in [0, 0.1) is 5.92 Å². The van der Waals surface area contributed by atoms with Gasteiger partial charge in [0.1, 0.15) is 0 Å². The number of piperazine rings is 1. The summed E-state index contributed by atoms with van der Waals surface area (Å²) in [6.45, 7) is 3.52. The molecular formula is C16H21ClF3N3O2. The van der Waals surface area contributed by atoms with Gasteiger partial charge >= 0.3 is 6.18 Å². The molecule has 1 heterocycles. The fourth-order valence-corrected chi connectivity index (χ4v) is 2.53. The van der Waals surface area contributed by atoms with Crippen molar-refractivity contribution < 1.29 is 22.8 Å². The molecule has 2 N–H and O–H groups in total. The summed E-state index contributed by atoms with van der Waals surface area (Å²) in [4.78, 5) is 27.6. The van der Waals surface area contributed by atoms with Crippen LogP contribution in [0.1, 0.15) is 22.8 Å². The SMILES string of the molecule is CC(CN)C(=O)N1CCN(C(=O)c2ccc(C(F)(F)F)cc2)CC1.Cl. The molecule has 1 fully saturated rings. The van der Waals surface area contributed by atoms with E-state index in [2.05, 4.69) is 0 Å². The van der Waals surface area contributed by atoms with Crippen LogP contribution in [0.2, 0.25) is 0 Å². The zero-order chi connectivity index (χ0) is 17.9. The van der Waals surface area contributed by atoms with E-state index in [1.54, 1.807) is 16.7 Å². The Morgan fingerprint density at radius 3 is 2.00 bits per heavy atom. The van der Waals surface area contributed by atoms with Crippen molar-refractivity contribution in [3.63, 3.8) is 0 Å². The summed E-state index contributed by atoms with van der Waals surface area (Å²) < 4.78 is 37.6. The minimum atomic E-state index is -4.42. The number of rotatable bonds is 3. The van der Waals surface area contributed by atoms with Crippen LogP contribution in [0.5, 0.6) is 0 Å². The summed E-state index contributed by atoms with van der Waals surface area (Å²) in [5.74, 6) is -0.635. The predicted molar refractivity (Wildman–Crippen MR) is 89.4 cm³/mol. The quantitative estimate of drug-likeness (QED) is 0.873. The Balaban J connectivity index is 0.00000312. The molecule has 5 nitrogen and oxygen atoms in total. The lowest BCUT2D eigenvalue weighted by atomic mass is 10.1. The van der Waals surface area contributed by atoms with Crippen LogP contribution in [0.25, 0.3) is 0 Å². The Morgan fingerprint density at radius 2 is 1.56 bits per heavy atom. The van der Waals surface area contributed by atoms with Crippen molar-refractivity contribution >= 4 is 24.2 Å². The van der Waals surface area contributed by atoms with Crippen LogP contribution in [0.4, 0.5) is 13.2 Å². The number of nitrogens with two attached hydrogens (primary N) is 1. The monoisotopic (exact) mass is 379 g/mol. The first kappa shape index (κ1) is 21.2. The van der Waals surface area contributed by atoms with Gasteiger partial charge in [-0.25, -0.2) is 0 Å². The third-order valence-corrected chi connectivity index (χ3v) is 4.11. The Kier molecular flexibility index (Phi) is 7.25. The van der Waals surface area contributed by atoms with E-state index in [4.69, 9.17) is 5.73 Å². The molecule has 1 aliphatic heterocycles. The molecule has 1 aromatic rings. The van der Waals surface area contributed by atoms with Crippen molar-refractivity contribution in [2.75, 3.05) is 32.7 Å². The molecule has 0 aliphatic carbocycles. The van der Waals surface area contributed by atoms with E-state index in [0.717, 1.165) is 12.1 Å². The van der Waals surface area contributed by atoms with Gasteiger partial charge in [0.25, 0.3) is 5.91 Å². The average Bonchev–Trinajstić information content (AvgIpc) is 2.59. The summed E-state index contributed by atoms with van der Waals surface area (Å²) in [7, 11) is 0. The lowest BCUT2D eigenvalue weighted by Crippen LogP contribution is -2.52. The van der Waals surface area contributed by atoms with Crippen LogP contribution < -0.4 is 5.73 Å². The van der Waals surface area contributed by atoms with E-state index < -0.39 is 11.7 Å². The molecule has 0 spiro atoms. The molecule has 140 valence electrons. The molecule has 9 heteroatoms. The molecule has 0 aromatic heterocycles. The van der Waals surface area contributed by atoms with Gasteiger partial charge in [-0.15, -0.1) is 12.4 Å². The maximum atomic E-state index is 12.5. The highest BCUT2D eigenvalue weighted by Crippen LogP contribution is 2.29. The molecule has 2 amide bonds. The number of amides is 2. The first-order chi connectivity index (χ1) is 11.2. The fourth-order valence-electron chi connectivity index (χ4n) is 2.53. The molecule has 0 saturated carbocycles. The second kappa shape index (κ2) is 8.53. The molecule has 0 radical (unpaired) electrons. The first-order valence-electron chi connectivity index (χ1n) is 7.69. The summed E-state index contributed by atoms with van der Waals surface area (Å²) >= 11 is 0. The topological polar surface area (TPSA) is 66.6 Å². The van der Waals surface area contributed by atoms with Crippen LogP contribution in [-0.2, 0) is 11.0 Å². The first-order valence-corrected chi connectivity index (χ1v) is 7.69. The molecule has 1 saturated heterocycles. The zero-order valence-electron chi connectivity index (χ0n) is 13.8. The van der Waals surface area contributed by atoms with Crippen molar-refractivity contribution in [1.29, 1.82) is 0 Å². The third kappa shape index (κ3) is 5.09. The number of halogens is 4. The van der Waals surface area contributed by atoms with Crippen molar-refractivity contribution in [1.82, 2.24) is 9.80 Å². The number of hydrogen-bond donors (Lipinski definition) is 1. The Bertz CT molecular complexity index is 600. The smallest absolute Gasteiger partial charge is 0.339 e. The van der Waals surface area contributed by atoms with E-state index in [1.807, 2.05) is 0 Å². The Labute approximate surface area is 150 Å². The minimum Gasteiger partial charge on any atom is -0.339 e. The van der Waals surface area contributed by atoms with Crippen molar-refractivity contribution in [3.8, 4) is 0 Å². The largest absolute Gasteiger partial charge is 0.416 e. The highest BCUT2D eigenvalue weighted by molar-refractivity contribution is 5.94. The Hall–Kier alpha value is -1.80. The lowest BCUT2D eigenvalue weighted by molar-refractivity contribution is -0.137. The molecule has 1 unspecified atom stereocenters. The van der Waals surface area contributed by atoms with Gasteiger partial charge in [0.2, 0.25) is 5.91 Å². The van der Waals surface area contributed by atoms with Crippen molar-refractivity contribution in [2.24, 2.45) is 11.7 Å². The molecule has 25 heavy (non-hydrogen) atoms. The number of carbonyl (C=O) groups is 2. The number of nitrogens with zero attached hydrogens (tertiary/aromatic N) is 2. The zero-order valence-corrected chi connectivity index (χ0v) is 14.6. The maximum absolute atomic E-state index is 12.5. The molecule has 2 rings (SSSR count). The minimum absolute atomic E-state index is 0. The molecule has 1 aliphatic rings. The fraction of sp³-hybridized carbons (Fsp3) is 0.500. The number of hydrogen-bond acceptors (Lipinski definition) is 3. The van der Waals surface area contributed by atoms with Crippen LogP contribution in [0.3, 0.4) is 0 Å². The van der Waals surface area contributed by atoms with Crippen LogP contribution >= 0.6 is 12.4 Å². The normalized spacial score (nSPS) is 16.2. The standard InChI is InChI=1S/C16H20F3N3O2.ClH/c1-11(10-20)14(23)21-6-8-22(9-7-21)15(24)12-2-4-13(5-3-12)16(17,18)19;/h2-5,11H,6-10,20H2,1H3;1H. The maximum Gasteiger partial charge on any atom is 0.416 e. The van der Waals surface area contributed by atoms with Crippen molar-refractivity contribution in [2.45, 2.75) is 13.1 Å². The molecule has 0 bridgehead atoms. The molecule has 1 atom stereocenters. The van der Waals surface area contributed by atoms with Gasteiger partial charge in [-0.3, -0.25) is 9.59 Å². The number of alkyl halides is 3. The predicted octanol–water partition coefficient (Wildman–Crippen LogP) is 2.01. The second-order valence-electron chi connectivity index (χ2n) is 5.83. The number of carbonyl (C=O) groups excluding carboxylic acids is 2. The summed E-state index contributed by atoms with van der Waals surface area (Å²) in [5, 5.41) is 0. The van der Waals surface area contributed by atoms with E-state index >= 15 is 0 Å². The second-order valence-corrected chi connectivity index (χ2v) is 5.83. The highest BCUT2D eigenvalue weighted by atomic mass is 35.5. The highest BCUT2D eigenvalue weighted by Gasteiger charge is 2.31. The summed E-state index contributed by atoms with van der Waals surface area (Å²) in [6, 6.07) is 4.16. The van der Waals surface area contributed by atoms with Gasteiger partial charge in [0, 0.05) is 44.2 Å². The lowest BCUT2D eigenvalue weighted by Gasteiger charge is -2.36. The average molecular weight is 380 g/mol. The molecule has 1 aromatic carbocycles. The Morgan fingerprint density at radius 1 is 1.08 bits per heavy atom. The van der Waals surface area contributed by atoms with Crippen molar-refractivity contribution in [3.05, 3.63) is 35.4 Å². The van der Waals surface area contributed by atoms with Gasteiger partial charge in [0.05, 0.1) is 5.56 Å². The van der Waals surface area contributed by atoms with Gasteiger partial charge in [0.15, 0.2) is 0 Å². The number of benzene rings is 1. The van der Waals surface area contributed by atoms with E-state index in [1.165, 1.54) is 12.1 Å². The van der Waals surface area contributed by atoms with Crippen LogP contribution in [-0.4, -0.2) is 54.3 Å². The van der Waals surface area contributed by atoms with Gasteiger partial charge in [-0.2, -0.15) is 13.2 Å². The molecular weight excluding hydrogens is 359 g/mol.